The van der Waals surface area contributed by atoms with E-state index in [-0.39, 0.29) is 24.0 Å². The highest BCUT2D eigenvalue weighted by Gasteiger charge is 2.20. The van der Waals surface area contributed by atoms with Crippen LogP contribution in [0.5, 0.6) is 0 Å². The van der Waals surface area contributed by atoms with Crippen LogP contribution in [0.3, 0.4) is 0 Å². The normalized spacial score (nSPS) is 15.2. The number of aliphatic hydroxyl groups excluding tert-OH is 1. The first kappa shape index (κ1) is 17.4. The van der Waals surface area contributed by atoms with Gasteiger partial charge in [0, 0.05) is 19.2 Å². The number of amides is 1. The molecule has 1 amide bonds. The largest absolute Gasteiger partial charge is 0.393 e. The Bertz CT molecular complexity index is 759. The fourth-order valence-electron chi connectivity index (χ4n) is 2.99. The highest BCUT2D eigenvalue weighted by Crippen LogP contribution is 2.28. The van der Waals surface area contributed by atoms with Crippen molar-refractivity contribution in [1.82, 2.24) is 0 Å². The molecule has 0 unspecified atom stereocenters. The Kier molecular flexibility index (Phi) is 5.28. The molecule has 1 heterocycles. The number of anilines is 2. The molecule has 3 rings (SSSR count). The number of hydrogen-bond acceptors (Lipinski definition) is 3. The van der Waals surface area contributed by atoms with E-state index in [0.717, 1.165) is 17.8 Å². The molecular weight excluding hydrogens is 326 g/mol. The molecular formula is C19H20F2N2O2. The smallest absolute Gasteiger partial charge is 0.228 e. The second-order valence-electron chi connectivity index (χ2n) is 6.20. The number of carbonyl (C=O) groups is 1. The average molecular weight is 346 g/mol. The molecule has 6 heteroatoms. The van der Waals surface area contributed by atoms with Crippen LogP contribution in [-0.4, -0.2) is 30.2 Å². The van der Waals surface area contributed by atoms with Crippen LogP contribution in [0.2, 0.25) is 0 Å². The summed E-state index contributed by atoms with van der Waals surface area (Å²) in [5.41, 5.74) is 1.67. The maximum Gasteiger partial charge on any atom is 0.228 e. The van der Waals surface area contributed by atoms with Crippen LogP contribution < -0.4 is 10.2 Å². The third-order valence-corrected chi connectivity index (χ3v) is 4.35. The Labute approximate surface area is 145 Å². The zero-order valence-corrected chi connectivity index (χ0v) is 13.7. The number of carbonyl (C=O) groups excluding carboxylic acids is 1. The third kappa shape index (κ3) is 4.33. The summed E-state index contributed by atoms with van der Waals surface area (Å²) < 4.78 is 26.7. The van der Waals surface area contributed by atoms with E-state index in [0.29, 0.717) is 31.6 Å². The van der Waals surface area contributed by atoms with Crippen molar-refractivity contribution >= 4 is 17.3 Å². The Hall–Kier alpha value is -2.47. The zero-order chi connectivity index (χ0) is 17.8. The number of para-hydroxylation sites is 2. The van der Waals surface area contributed by atoms with Crippen LogP contribution in [0, 0.1) is 11.6 Å². The molecule has 0 aliphatic carbocycles. The van der Waals surface area contributed by atoms with Crippen molar-refractivity contribution in [3.8, 4) is 0 Å². The minimum Gasteiger partial charge on any atom is -0.393 e. The van der Waals surface area contributed by atoms with Gasteiger partial charge in [0.2, 0.25) is 5.91 Å². The van der Waals surface area contributed by atoms with E-state index >= 15 is 0 Å². The lowest BCUT2D eigenvalue weighted by molar-refractivity contribution is -0.115. The van der Waals surface area contributed by atoms with Crippen LogP contribution in [0.25, 0.3) is 0 Å². The molecule has 0 atom stereocenters. The van der Waals surface area contributed by atoms with Crippen molar-refractivity contribution in [2.45, 2.75) is 25.4 Å². The highest BCUT2D eigenvalue weighted by atomic mass is 19.1. The van der Waals surface area contributed by atoms with Crippen LogP contribution in [-0.2, 0) is 11.2 Å². The van der Waals surface area contributed by atoms with Crippen LogP contribution in [0.4, 0.5) is 20.2 Å². The average Bonchev–Trinajstić information content (AvgIpc) is 2.59. The summed E-state index contributed by atoms with van der Waals surface area (Å²) in [6, 6.07) is 10.6. The standard InChI is InChI=1S/C19H20F2N2O2/c20-14-6-5-13(16(21)12-14)11-19(25)22-17-3-1-2-4-18(17)23-9-7-15(24)8-10-23/h1-6,12,15,24H,7-11H2,(H,22,25). The first-order valence-corrected chi connectivity index (χ1v) is 8.29. The lowest BCUT2D eigenvalue weighted by atomic mass is 10.1. The highest BCUT2D eigenvalue weighted by molar-refractivity contribution is 5.95. The van der Waals surface area contributed by atoms with E-state index in [9.17, 15) is 18.7 Å². The Morgan fingerprint density at radius 2 is 1.88 bits per heavy atom. The summed E-state index contributed by atoms with van der Waals surface area (Å²) in [7, 11) is 0. The molecule has 2 aromatic carbocycles. The lowest BCUT2D eigenvalue weighted by Gasteiger charge is -2.32. The van der Waals surface area contributed by atoms with E-state index in [1.54, 1.807) is 6.07 Å². The maximum atomic E-state index is 13.7. The predicted molar refractivity (Wildman–Crippen MR) is 92.6 cm³/mol. The summed E-state index contributed by atoms with van der Waals surface area (Å²) in [4.78, 5) is 14.4. The quantitative estimate of drug-likeness (QED) is 0.894. The number of nitrogens with one attached hydrogen (secondary N) is 1. The number of benzene rings is 2. The Morgan fingerprint density at radius 1 is 1.16 bits per heavy atom. The summed E-state index contributed by atoms with van der Waals surface area (Å²) in [6.45, 7) is 1.42. The summed E-state index contributed by atoms with van der Waals surface area (Å²) >= 11 is 0. The molecule has 1 fully saturated rings. The van der Waals surface area contributed by atoms with E-state index in [1.807, 2.05) is 18.2 Å². The van der Waals surface area contributed by atoms with Crippen LogP contribution in [0.15, 0.2) is 42.5 Å². The van der Waals surface area contributed by atoms with E-state index < -0.39 is 11.6 Å². The molecule has 1 aliphatic rings. The van der Waals surface area contributed by atoms with Crippen molar-refractivity contribution in [2.24, 2.45) is 0 Å². The molecule has 0 aromatic heterocycles. The summed E-state index contributed by atoms with van der Waals surface area (Å²) in [5, 5.41) is 12.4. The first-order chi connectivity index (χ1) is 12.0. The van der Waals surface area contributed by atoms with Gasteiger partial charge in [-0.1, -0.05) is 18.2 Å². The predicted octanol–water partition coefficient (Wildman–Crippen LogP) is 3.11. The van der Waals surface area contributed by atoms with Crippen molar-refractivity contribution in [3.63, 3.8) is 0 Å². The molecule has 2 N–H and O–H groups in total. The Balaban J connectivity index is 1.71. The number of hydrogen-bond donors (Lipinski definition) is 2. The number of aliphatic hydroxyl groups is 1. The van der Waals surface area contributed by atoms with Gasteiger partial charge in [0.25, 0.3) is 0 Å². The van der Waals surface area contributed by atoms with Gasteiger partial charge in [0.05, 0.1) is 23.9 Å². The third-order valence-electron chi connectivity index (χ3n) is 4.35. The molecule has 0 radical (unpaired) electrons. The van der Waals surface area contributed by atoms with Crippen molar-refractivity contribution < 1.29 is 18.7 Å². The number of halogens is 2. The molecule has 132 valence electrons. The SMILES string of the molecule is O=C(Cc1ccc(F)cc1F)Nc1ccccc1N1CCC(O)CC1. The molecule has 0 saturated carbocycles. The lowest BCUT2D eigenvalue weighted by Crippen LogP contribution is -2.36. The van der Waals surface area contributed by atoms with Gasteiger partial charge < -0.3 is 15.3 Å². The molecule has 2 aromatic rings. The minimum atomic E-state index is -0.728. The molecule has 0 bridgehead atoms. The monoisotopic (exact) mass is 346 g/mol. The van der Waals surface area contributed by atoms with Gasteiger partial charge >= 0.3 is 0 Å². The van der Waals surface area contributed by atoms with E-state index in [4.69, 9.17) is 0 Å². The van der Waals surface area contributed by atoms with Gasteiger partial charge in [-0.15, -0.1) is 0 Å². The minimum absolute atomic E-state index is 0.150. The van der Waals surface area contributed by atoms with Crippen molar-refractivity contribution in [2.75, 3.05) is 23.3 Å². The maximum absolute atomic E-state index is 13.7. The molecule has 1 saturated heterocycles. The van der Waals surface area contributed by atoms with E-state index in [2.05, 4.69) is 10.2 Å². The van der Waals surface area contributed by atoms with E-state index in [1.165, 1.54) is 6.07 Å². The molecule has 0 spiro atoms. The summed E-state index contributed by atoms with van der Waals surface area (Å²) in [5.74, 6) is -1.76. The number of nitrogens with zero attached hydrogens (tertiary/aromatic N) is 1. The van der Waals surface area contributed by atoms with Gasteiger partial charge in [-0.25, -0.2) is 8.78 Å². The van der Waals surface area contributed by atoms with Crippen LogP contribution >= 0.6 is 0 Å². The number of rotatable bonds is 4. The fourth-order valence-corrected chi connectivity index (χ4v) is 2.99. The van der Waals surface area contributed by atoms with Crippen LogP contribution in [0.1, 0.15) is 18.4 Å². The zero-order valence-electron chi connectivity index (χ0n) is 13.7. The van der Waals surface area contributed by atoms with Crippen molar-refractivity contribution in [3.05, 3.63) is 59.7 Å². The summed E-state index contributed by atoms with van der Waals surface area (Å²) in [6.07, 6.45) is 0.921. The van der Waals surface area contributed by atoms with Gasteiger partial charge in [-0.2, -0.15) is 0 Å². The van der Waals surface area contributed by atoms with Gasteiger partial charge in [0.1, 0.15) is 11.6 Å². The topological polar surface area (TPSA) is 52.6 Å². The second kappa shape index (κ2) is 7.61. The number of piperidine rings is 1. The Morgan fingerprint density at radius 3 is 2.60 bits per heavy atom. The molecule has 1 aliphatic heterocycles. The second-order valence-corrected chi connectivity index (χ2v) is 6.20. The fraction of sp³-hybridized carbons (Fsp3) is 0.316. The molecule has 4 nitrogen and oxygen atoms in total. The van der Waals surface area contributed by atoms with Gasteiger partial charge in [-0.3, -0.25) is 4.79 Å². The first-order valence-electron chi connectivity index (χ1n) is 8.29. The van der Waals surface area contributed by atoms with Gasteiger partial charge in [0.15, 0.2) is 0 Å². The molecule has 25 heavy (non-hydrogen) atoms. The van der Waals surface area contributed by atoms with Gasteiger partial charge in [-0.05, 0) is 36.6 Å². The van der Waals surface area contributed by atoms with Crippen molar-refractivity contribution in [1.29, 1.82) is 0 Å².